The Hall–Kier alpha value is -1.68. The maximum atomic E-state index is 12.3. The third kappa shape index (κ3) is 3.22. The molecule has 4 nitrogen and oxygen atoms in total. The molecule has 0 aromatic heterocycles. The highest BCUT2D eigenvalue weighted by molar-refractivity contribution is 5.98. The Morgan fingerprint density at radius 1 is 1.23 bits per heavy atom. The van der Waals surface area contributed by atoms with E-state index in [-0.39, 0.29) is 17.7 Å². The summed E-state index contributed by atoms with van der Waals surface area (Å²) in [5.74, 6) is 0.157. The lowest BCUT2D eigenvalue weighted by Crippen LogP contribution is -2.38. The number of rotatable bonds is 5. The number of aryl methyl sites for hydroxylation is 2. The van der Waals surface area contributed by atoms with Crippen LogP contribution in [0.3, 0.4) is 0 Å². The Balaban J connectivity index is 1.54. The second-order valence-electron chi connectivity index (χ2n) is 6.41. The van der Waals surface area contributed by atoms with Crippen LogP contribution in [0.1, 0.15) is 47.2 Å². The van der Waals surface area contributed by atoms with E-state index < -0.39 is 0 Å². The van der Waals surface area contributed by atoms with Crippen molar-refractivity contribution in [2.24, 2.45) is 0 Å². The molecule has 22 heavy (non-hydrogen) atoms. The number of carbonyl (C=O) groups is 2. The van der Waals surface area contributed by atoms with Gasteiger partial charge in [-0.05, 0) is 49.4 Å². The van der Waals surface area contributed by atoms with Crippen LogP contribution in [0.5, 0.6) is 0 Å². The van der Waals surface area contributed by atoms with Crippen LogP contribution in [0.2, 0.25) is 0 Å². The third-order valence-electron chi connectivity index (χ3n) is 4.96. The van der Waals surface area contributed by atoms with Gasteiger partial charge in [0.1, 0.15) is 0 Å². The average molecular weight is 300 g/mol. The third-order valence-corrected chi connectivity index (χ3v) is 4.96. The second kappa shape index (κ2) is 6.61. The zero-order valence-corrected chi connectivity index (χ0v) is 13.2. The predicted molar refractivity (Wildman–Crippen MR) is 86.1 cm³/mol. The van der Waals surface area contributed by atoms with Gasteiger partial charge in [-0.25, -0.2) is 0 Å². The van der Waals surface area contributed by atoms with Crippen molar-refractivity contribution in [3.63, 3.8) is 0 Å². The minimum atomic E-state index is 0.0724. The Morgan fingerprint density at radius 3 is 2.82 bits per heavy atom. The first kappa shape index (κ1) is 15.2. The summed E-state index contributed by atoms with van der Waals surface area (Å²) in [5, 5.41) is 3.26. The minimum absolute atomic E-state index is 0.0724. The molecule has 1 heterocycles. The van der Waals surface area contributed by atoms with Crippen LogP contribution in [0.25, 0.3) is 0 Å². The van der Waals surface area contributed by atoms with Crippen LogP contribution < -0.4 is 5.32 Å². The Morgan fingerprint density at radius 2 is 2.05 bits per heavy atom. The first-order chi connectivity index (χ1) is 10.6. The summed E-state index contributed by atoms with van der Waals surface area (Å²) in [7, 11) is 1.85. The lowest BCUT2D eigenvalue weighted by molar-refractivity contribution is -0.131. The zero-order chi connectivity index (χ0) is 15.5. The number of Topliss-reactive ketones (excluding diaryl/α,β-unsaturated/α-hetero) is 1. The number of nitrogens with zero attached hydrogens (tertiary/aromatic N) is 1. The summed E-state index contributed by atoms with van der Waals surface area (Å²) in [6.07, 6.45) is 5.01. The van der Waals surface area contributed by atoms with Crippen molar-refractivity contribution in [1.82, 2.24) is 10.2 Å². The topological polar surface area (TPSA) is 49.4 Å². The van der Waals surface area contributed by atoms with E-state index in [0.717, 1.165) is 37.9 Å². The van der Waals surface area contributed by atoms with Crippen LogP contribution in [0.15, 0.2) is 18.2 Å². The second-order valence-corrected chi connectivity index (χ2v) is 6.41. The van der Waals surface area contributed by atoms with Crippen molar-refractivity contribution in [2.75, 3.05) is 20.1 Å². The molecule has 0 spiro atoms. The maximum absolute atomic E-state index is 12.3. The molecule has 3 rings (SSSR count). The molecule has 1 aromatic rings. The fourth-order valence-electron chi connectivity index (χ4n) is 3.46. The molecule has 1 aromatic carbocycles. The van der Waals surface area contributed by atoms with Crippen molar-refractivity contribution < 1.29 is 9.59 Å². The highest BCUT2D eigenvalue weighted by atomic mass is 16.2. The SMILES string of the molecule is CN(C(=O)CCC(=O)c1ccc2c(c1)CCC2)C1CCNC1. The molecule has 2 aliphatic rings. The van der Waals surface area contributed by atoms with Gasteiger partial charge in [-0.3, -0.25) is 9.59 Å². The number of amides is 1. The Labute approximate surface area is 131 Å². The molecule has 1 saturated heterocycles. The Bertz CT molecular complexity index is 576. The standard InChI is InChI=1S/C18H24N2O2/c1-20(16-9-10-19-12-16)18(22)8-7-17(21)15-6-5-13-3-2-4-14(13)11-15/h5-6,11,16,19H,2-4,7-10,12H2,1H3. The van der Waals surface area contributed by atoms with Gasteiger partial charge in [0.05, 0.1) is 0 Å². The molecule has 1 aliphatic heterocycles. The molecule has 4 heteroatoms. The van der Waals surface area contributed by atoms with Crippen molar-refractivity contribution in [3.8, 4) is 0 Å². The molecule has 1 fully saturated rings. The van der Waals surface area contributed by atoms with Crippen LogP contribution >= 0.6 is 0 Å². The van der Waals surface area contributed by atoms with Crippen LogP contribution in [0.4, 0.5) is 0 Å². The summed E-state index contributed by atoms with van der Waals surface area (Å²) in [4.78, 5) is 26.3. The smallest absolute Gasteiger partial charge is 0.223 e. The van der Waals surface area contributed by atoms with Gasteiger partial charge in [-0.1, -0.05) is 12.1 Å². The van der Waals surface area contributed by atoms with Gasteiger partial charge < -0.3 is 10.2 Å². The van der Waals surface area contributed by atoms with E-state index >= 15 is 0 Å². The number of benzene rings is 1. The lowest BCUT2D eigenvalue weighted by atomic mass is 10.0. The largest absolute Gasteiger partial charge is 0.341 e. The molecule has 1 N–H and O–H groups in total. The van der Waals surface area contributed by atoms with Crippen LogP contribution in [-0.2, 0) is 17.6 Å². The predicted octanol–water partition coefficient (Wildman–Crippen LogP) is 1.96. The number of fused-ring (bicyclic) bond motifs is 1. The molecular weight excluding hydrogens is 276 g/mol. The van der Waals surface area contributed by atoms with Gasteiger partial charge in [0.2, 0.25) is 5.91 Å². The summed E-state index contributed by atoms with van der Waals surface area (Å²) in [6, 6.07) is 6.30. The van der Waals surface area contributed by atoms with E-state index in [0.29, 0.717) is 12.8 Å². The number of hydrogen-bond donors (Lipinski definition) is 1. The van der Waals surface area contributed by atoms with Gasteiger partial charge in [0.15, 0.2) is 5.78 Å². The fraction of sp³-hybridized carbons (Fsp3) is 0.556. The summed E-state index contributed by atoms with van der Waals surface area (Å²) >= 11 is 0. The number of likely N-dealkylation sites (N-methyl/N-ethyl adjacent to an activating group) is 1. The van der Waals surface area contributed by atoms with Gasteiger partial charge in [-0.2, -0.15) is 0 Å². The van der Waals surface area contributed by atoms with E-state index in [1.54, 1.807) is 4.90 Å². The molecule has 1 amide bonds. The first-order valence-corrected chi connectivity index (χ1v) is 8.26. The van der Waals surface area contributed by atoms with E-state index in [1.807, 2.05) is 19.2 Å². The molecule has 1 unspecified atom stereocenters. The van der Waals surface area contributed by atoms with E-state index in [9.17, 15) is 9.59 Å². The summed E-state index contributed by atoms with van der Waals surface area (Å²) < 4.78 is 0. The van der Waals surface area contributed by atoms with Gasteiger partial charge in [0, 0.05) is 38.0 Å². The fourth-order valence-corrected chi connectivity index (χ4v) is 3.46. The zero-order valence-electron chi connectivity index (χ0n) is 13.2. The first-order valence-electron chi connectivity index (χ1n) is 8.26. The Kier molecular flexibility index (Phi) is 4.57. The average Bonchev–Trinajstić information content (AvgIpc) is 3.21. The van der Waals surface area contributed by atoms with Crippen molar-refractivity contribution in [1.29, 1.82) is 0 Å². The highest BCUT2D eigenvalue weighted by Gasteiger charge is 2.23. The monoisotopic (exact) mass is 300 g/mol. The molecule has 1 aliphatic carbocycles. The number of carbonyl (C=O) groups excluding carboxylic acids is 2. The van der Waals surface area contributed by atoms with Crippen LogP contribution in [0, 0.1) is 0 Å². The number of hydrogen-bond acceptors (Lipinski definition) is 3. The number of ketones is 1. The molecule has 118 valence electrons. The quantitative estimate of drug-likeness (QED) is 0.846. The van der Waals surface area contributed by atoms with Gasteiger partial charge >= 0.3 is 0 Å². The van der Waals surface area contributed by atoms with Crippen LogP contribution in [-0.4, -0.2) is 42.8 Å². The highest BCUT2D eigenvalue weighted by Crippen LogP contribution is 2.23. The van der Waals surface area contributed by atoms with E-state index in [4.69, 9.17) is 0 Å². The van der Waals surface area contributed by atoms with Gasteiger partial charge in [-0.15, -0.1) is 0 Å². The minimum Gasteiger partial charge on any atom is -0.341 e. The number of nitrogens with one attached hydrogen (secondary N) is 1. The van der Waals surface area contributed by atoms with Crippen molar-refractivity contribution in [3.05, 3.63) is 34.9 Å². The molecule has 0 saturated carbocycles. The molecule has 0 bridgehead atoms. The summed E-state index contributed by atoms with van der Waals surface area (Å²) in [6.45, 7) is 1.83. The normalized spacial score (nSPS) is 20.0. The lowest BCUT2D eigenvalue weighted by Gasteiger charge is -2.23. The van der Waals surface area contributed by atoms with Crippen molar-refractivity contribution >= 4 is 11.7 Å². The van der Waals surface area contributed by atoms with Gasteiger partial charge in [0.25, 0.3) is 0 Å². The maximum Gasteiger partial charge on any atom is 0.223 e. The molecular formula is C18H24N2O2. The molecule has 1 atom stereocenters. The van der Waals surface area contributed by atoms with Crippen molar-refractivity contribution in [2.45, 2.75) is 44.6 Å². The molecule has 0 radical (unpaired) electrons. The van der Waals surface area contributed by atoms with E-state index in [1.165, 1.54) is 17.5 Å². The summed E-state index contributed by atoms with van der Waals surface area (Å²) in [5.41, 5.74) is 3.45. The van der Waals surface area contributed by atoms with E-state index in [2.05, 4.69) is 11.4 Å².